The Bertz CT molecular complexity index is 1060. The molecule has 150 valence electrons. The SMILES string of the molecule is COc1cc(C(=O)Nc2ccc(C)c([N+](=O)[O-])c2)ccc1OCc1csc(C)n1. The number of hydrogen-bond acceptors (Lipinski definition) is 7. The molecular weight excluding hydrogens is 394 g/mol. The van der Waals surface area contributed by atoms with E-state index in [1.165, 1.54) is 13.2 Å². The minimum absolute atomic E-state index is 0.0543. The van der Waals surface area contributed by atoms with E-state index in [1.807, 2.05) is 12.3 Å². The number of amides is 1. The van der Waals surface area contributed by atoms with Crippen LogP contribution in [0, 0.1) is 24.0 Å². The highest BCUT2D eigenvalue weighted by Crippen LogP contribution is 2.30. The van der Waals surface area contributed by atoms with Crippen molar-refractivity contribution in [2.75, 3.05) is 12.4 Å². The largest absolute Gasteiger partial charge is 0.493 e. The lowest BCUT2D eigenvalue weighted by atomic mass is 10.1. The van der Waals surface area contributed by atoms with Crippen LogP contribution in [0.2, 0.25) is 0 Å². The zero-order valence-electron chi connectivity index (χ0n) is 16.1. The van der Waals surface area contributed by atoms with Crippen LogP contribution in [0.5, 0.6) is 11.5 Å². The molecule has 9 heteroatoms. The van der Waals surface area contributed by atoms with Crippen LogP contribution < -0.4 is 14.8 Å². The van der Waals surface area contributed by atoms with E-state index in [0.29, 0.717) is 34.9 Å². The number of nitro groups is 1. The molecule has 0 fully saturated rings. The quantitative estimate of drug-likeness (QED) is 0.451. The number of carbonyl (C=O) groups is 1. The predicted molar refractivity (Wildman–Crippen MR) is 110 cm³/mol. The Morgan fingerprint density at radius 3 is 2.66 bits per heavy atom. The monoisotopic (exact) mass is 413 g/mol. The van der Waals surface area contributed by atoms with Crippen molar-refractivity contribution < 1.29 is 19.2 Å². The van der Waals surface area contributed by atoms with Crippen molar-refractivity contribution in [2.45, 2.75) is 20.5 Å². The molecule has 1 amide bonds. The standard InChI is InChI=1S/C20H19N3O5S/c1-12-4-6-15(9-17(12)23(25)26)22-20(24)14-5-7-18(19(8-14)27-3)28-10-16-11-29-13(2)21-16/h4-9,11H,10H2,1-3H3,(H,22,24). The second-order valence-electron chi connectivity index (χ2n) is 6.22. The first-order chi connectivity index (χ1) is 13.9. The summed E-state index contributed by atoms with van der Waals surface area (Å²) < 4.78 is 11.1. The summed E-state index contributed by atoms with van der Waals surface area (Å²) in [6.07, 6.45) is 0. The number of rotatable bonds is 7. The molecule has 2 aromatic carbocycles. The Morgan fingerprint density at radius 1 is 1.21 bits per heavy atom. The number of aryl methyl sites for hydroxylation is 2. The summed E-state index contributed by atoms with van der Waals surface area (Å²) in [4.78, 5) is 27.5. The number of ether oxygens (including phenoxy) is 2. The van der Waals surface area contributed by atoms with E-state index in [4.69, 9.17) is 9.47 Å². The van der Waals surface area contributed by atoms with Crippen molar-refractivity contribution in [3.05, 3.63) is 73.7 Å². The Hall–Kier alpha value is -3.46. The Morgan fingerprint density at radius 2 is 2.00 bits per heavy atom. The molecule has 3 aromatic rings. The molecular formula is C20H19N3O5S. The molecule has 0 aliphatic heterocycles. The zero-order chi connectivity index (χ0) is 21.0. The van der Waals surface area contributed by atoms with Gasteiger partial charge in [-0.25, -0.2) is 4.98 Å². The molecule has 0 saturated carbocycles. The van der Waals surface area contributed by atoms with Gasteiger partial charge in [-0.1, -0.05) is 6.07 Å². The first-order valence-corrected chi connectivity index (χ1v) is 9.53. The van der Waals surface area contributed by atoms with E-state index in [9.17, 15) is 14.9 Å². The normalized spacial score (nSPS) is 10.4. The fourth-order valence-electron chi connectivity index (χ4n) is 2.64. The molecule has 8 nitrogen and oxygen atoms in total. The van der Waals surface area contributed by atoms with Crippen molar-refractivity contribution in [3.8, 4) is 11.5 Å². The number of hydrogen-bond donors (Lipinski definition) is 1. The molecule has 0 bridgehead atoms. The number of thiazole rings is 1. The maximum Gasteiger partial charge on any atom is 0.274 e. The average molecular weight is 413 g/mol. The van der Waals surface area contributed by atoms with Gasteiger partial charge in [0.1, 0.15) is 6.61 Å². The van der Waals surface area contributed by atoms with Gasteiger partial charge in [-0.05, 0) is 38.1 Å². The molecule has 0 atom stereocenters. The van der Waals surface area contributed by atoms with Crippen molar-refractivity contribution in [1.29, 1.82) is 0 Å². The first kappa shape index (κ1) is 20.3. The van der Waals surface area contributed by atoms with Gasteiger partial charge in [0, 0.05) is 28.3 Å². The van der Waals surface area contributed by atoms with Crippen LogP contribution in [0.4, 0.5) is 11.4 Å². The molecule has 1 heterocycles. The smallest absolute Gasteiger partial charge is 0.274 e. The number of aromatic nitrogens is 1. The van der Waals surface area contributed by atoms with Crippen LogP contribution in [0.15, 0.2) is 41.8 Å². The first-order valence-electron chi connectivity index (χ1n) is 8.65. The number of nitro benzene ring substituents is 1. The molecule has 0 unspecified atom stereocenters. The highest BCUT2D eigenvalue weighted by molar-refractivity contribution is 7.09. The summed E-state index contributed by atoms with van der Waals surface area (Å²) in [7, 11) is 1.49. The third-order valence-corrected chi connectivity index (χ3v) is 4.95. The van der Waals surface area contributed by atoms with E-state index in [-0.39, 0.29) is 5.69 Å². The topological polar surface area (TPSA) is 104 Å². The lowest BCUT2D eigenvalue weighted by Gasteiger charge is -2.12. The van der Waals surface area contributed by atoms with Crippen LogP contribution >= 0.6 is 11.3 Å². The van der Waals surface area contributed by atoms with Gasteiger partial charge in [0.05, 0.1) is 22.7 Å². The van der Waals surface area contributed by atoms with E-state index in [0.717, 1.165) is 10.7 Å². The summed E-state index contributed by atoms with van der Waals surface area (Å²) in [6.45, 7) is 3.85. The summed E-state index contributed by atoms with van der Waals surface area (Å²) in [6, 6.07) is 9.33. The zero-order valence-corrected chi connectivity index (χ0v) is 16.9. The minimum Gasteiger partial charge on any atom is -0.493 e. The van der Waals surface area contributed by atoms with Crippen molar-refractivity contribution in [2.24, 2.45) is 0 Å². The summed E-state index contributed by atoms with van der Waals surface area (Å²) in [5.41, 5.74) is 1.96. The molecule has 1 N–H and O–H groups in total. The van der Waals surface area contributed by atoms with Crippen molar-refractivity contribution in [1.82, 2.24) is 4.98 Å². The van der Waals surface area contributed by atoms with Gasteiger partial charge in [0.25, 0.3) is 11.6 Å². The molecule has 29 heavy (non-hydrogen) atoms. The number of carbonyl (C=O) groups excluding carboxylic acids is 1. The second kappa shape index (κ2) is 8.70. The van der Waals surface area contributed by atoms with Gasteiger partial charge in [-0.3, -0.25) is 14.9 Å². The van der Waals surface area contributed by atoms with Crippen LogP contribution in [-0.4, -0.2) is 22.9 Å². The van der Waals surface area contributed by atoms with Gasteiger partial charge in [0.15, 0.2) is 11.5 Å². The van der Waals surface area contributed by atoms with E-state index in [2.05, 4.69) is 10.3 Å². The number of methoxy groups -OCH3 is 1. The molecule has 1 aromatic heterocycles. The van der Waals surface area contributed by atoms with Crippen LogP contribution in [0.25, 0.3) is 0 Å². The number of benzene rings is 2. The van der Waals surface area contributed by atoms with E-state index >= 15 is 0 Å². The van der Waals surface area contributed by atoms with Gasteiger partial charge < -0.3 is 14.8 Å². The highest BCUT2D eigenvalue weighted by Gasteiger charge is 2.15. The fraction of sp³-hybridized carbons (Fsp3) is 0.200. The number of anilines is 1. The average Bonchev–Trinajstić information content (AvgIpc) is 3.12. The second-order valence-corrected chi connectivity index (χ2v) is 7.29. The van der Waals surface area contributed by atoms with Gasteiger partial charge in [0.2, 0.25) is 0 Å². The van der Waals surface area contributed by atoms with Crippen LogP contribution in [0.1, 0.15) is 26.6 Å². The third kappa shape index (κ3) is 4.88. The molecule has 3 rings (SSSR count). The number of nitrogens with zero attached hydrogens (tertiary/aromatic N) is 2. The Labute approximate surface area is 171 Å². The minimum atomic E-state index is -0.482. The van der Waals surface area contributed by atoms with Gasteiger partial charge in [-0.15, -0.1) is 11.3 Å². The summed E-state index contributed by atoms with van der Waals surface area (Å²) in [5.74, 6) is 0.475. The maximum absolute atomic E-state index is 12.6. The lowest BCUT2D eigenvalue weighted by molar-refractivity contribution is -0.385. The highest BCUT2D eigenvalue weighted by atomic mass is 32.1. The van der Waals surface area contributed by atoms with E-state index < -0.39 is 10.8 Å². The number of nitrogens with one attached hydrogen (secondary N) is 1. The maximum atomic E-state index is 12.6. The summed E-state index contributed by atoms with van der Waals surface area (Å²) in [5, 5.41) is 16.6. The van der Waals surface area contributed by atoms with Crippen molar-refractivity contribution >= 4 is 28.6 Å². The summed E-state index contributed by atoms with van der Waals surface area (Å²) >= 11 is 1.54. The molecule has 0 saturated heterocycles. The van der Waals surface area contributed by atoms with E-state index in [1.54, 1.807) is 48.6 Å². The molecule has 0 radical (unpaired) electrons. The van der Waals surface area contributed by atoms with Crippen LogP contribution in [0.3, 0.4) is 0 Å². The van der Waals surface area contributed by atoms with Gasteiger partial charge >= 0.3 is 0 Å². The van der Waals surface area contributed by atoms with Gasteiger partial charge in [-0.2, -0.15) is 0 Å². The third-order valence-electron chi connectivity index (χ3n) is 4.13. The lowest BCUT2D eigenvalue weighted by Crippen LogP contribution is -2.12. The van der Waals surface area contributed by atoms with Crippen LogP contribution in [-0.2, 0) is 6.61 Å². The molecule has 0 spiro atoms. The Balaban J connectivity index is 1.74. The predicted octanol–water partition coefficient (Wildman–Crippen LogP) is 4.51. The molecule has 0 aliphatic carbocycles. The van der Waals surface area contributed by atoms with Crippen molar-refractivity contribution in [3.63, 3.8) is 0 Å². The Kier molecular flexibility index (Phi) is 6.08. The molecule has 0 aliphatic rings. The fourth-order valence-corrected chi connectivity index (χ4v) is 3.24.